The van der Waals surface area contributed by atoms with Crippen molar-refractivity contribution in [3.05, 3.63) is 77.9 Å². The van der Waals surface area contributed by atoms with E-state index < -0.39 is 11.7 Å². The fourth-order valence-electron chi connectivity index (χ4n) is 3.48. The van der Waals surface area contributed by atoms with Crippen LogP contribution in [0, 0.1) is 0 Å². The maximum absolute atomic E-state index is 13.3. The molecule has 1 aliphatic heterocycles. The molecule has 0 aliphatic carbocycles. The molecule has 0 spiro atoms. The molecule has 4 rings (SSSR count). The number of hydrogen-bond donors (Lipinski definition) is 0. The van der Waals surface area contributed by atoms with Crippen LogP contribution in [0.3, 0.4) is 0 Å². The number of nitrogens with zero attached hydrogens (tertiary/aromatic N) is 1. The number of fused-ring (bicyclic) bond motifs is 2. The van der Waals surface area contributed by atoms with Gasteiger partial charge in [0.25, 0.3) is 0 Å². The third-order valence-corrected chi connectivity index (χ3v) is 6.09. The molecule has 150 valence electrons. The third kappa shape index (κ3) is 4.22. The molecule has 0 saturated heterocycles. The van der Waals surface area contributed by atoms with Crippen LogP contribution in [0.15, 0.2) is 76.5 Å². The second kappa shape index (κ2) is 8.03. The van der Waals surface area contributed by atoms with Gasteiger partial charge < -0.3 is 9.64 Å². The largest absolute Gasteiger partial charge is 0.497 e. The SMILES string of the molecule is COc1ccc(CCCN2c3ccccc3Sc3ccc(C(F)(F)F)cc32)cc1. The molecule has 29 heavy (non-hydrogen) atoms. The van der Waals surface area contributed by atoms with Crippen molar-refractivity contribution in [2.24, 2.45) is 0 Å². The smallest absolute Gasteiger partial charge is 0.416 e. The fourth-order valence-corrected chi connectivity index (χ4v) is 4.56. The van der Waals surface area contributed by atoms with Gasteiger partial charge in [-0.15, -0.1) is 0 Å². The van der Waals surface area contributed by atoms with Crippen molar-refractivity contribution in [1.82, 2.24) is 0 Å². The Morgan fingerprint density at radius 1 is 0.897 bits per heavy atom. The van der Waals surface area contributed by atoms with Gasteiger partial charge in [-0.25, -0.2) is 0 Å². The van der Waals surface area contributed by atoms with E-state index in [0.29, 0.717) is 12.2 Å². The first-order chi connectivity index (χ1) is 14.0. The predicted molar refractivity (Wildman–Crippen MR) is 110 cm³/mol. The quantitative estimate of drug-likeness (QED) is 0.447. The van der Waals surface area contributed by atoms with Gasteiger partial charge in [-0.1, -0.05) is 36.0 Å². The van der Waals surface area contributed by atoms with Gasteiger partial charge in [0.15, 0.2) is 0 Å². The summed E-state index contributed by atoms with van der Waals surface area (Å²) in [7, 11) is 1.63. The van der Waals surface area contributed by atoms with Crippen molar-refractivity contribution in [2.45, 2.75) is 28.8 Å². The molecule has 2 nitrogen and oxygen atoms in total. The van der Waals surface area contributed by atoms with Gasteiger partial charge in [-0.2, -0.15) is 13.2 Å². The number of ether oxygens (including phenoxy) is 1. The average Bonchev–Trinajstić information content (AvgIpc) is 2.72. The lowest BCUT2D eigenvalue weighted by atomic mass is 10.1. The molecule has 0 aromatic heterocycles. The molecule has 1 aliphatic rings. The monoisotopic (exact) mass is 415 g/mol. The van der Waals surface area contributed by atoms with Gasteiger partial charge in [0.05, 0.1) is 24.0 Å². The van der Waals surface area contributed by atoms with E-state index in [1.54, 1.807) is 13.2 Å². The number of alkyl halides is 3. The maximum atomic E-state index is 13.3. The Hall–Kier alpha value is -2.60. The Morgan fingerprint density at radius 3 is 2.34 bits per heavy atom. The normalized spacial score (nSPS) is 13.0. The topological polar surface area (TPSA) is 12.5 Å². The molecule has 0 saturated carbocycles. The summed E-state index contributed by atoms with van der Waals surface area (Å²) in [6.45, 7) is 0.637. The number of anilines is 2. The van der Waals surface area contributed by atoms with Gasteiger partial charge in [0, 0.05) is 16.3 Å². The highest BCUT2D eigenvalue weighted by molar-refractivity contribution is 7.99. The minimum Gasteiger partial charge on any atom is -0.497 e. The first kappa shape index (κ1) is 19.7. The van der Waals surface area contributed by atoms with E-state index in [1.165, 1.54) is 23.4 Å². The Morgan fingerprint density at radius 2 is 1.62 bits per heavy atom. The molecule has 0 amide bonds. The van der Waals surface area contributed by atoms with E-state index >= 15 is 0 Å². The molecule has 0 fully saturated rings. The summed E-state index contributed by atoms with van der Waals surface area (Å²) in [5.74, 6) is 0.810. The number of halogens is 3. The van der Waals surface area contributed by atoms with Gasteiger partial charge in [-0.05, 0) is 60.9 Å². The summed E-state index contributed by atoms with van der Waals surface area (Å²) in [6.07, 6.45) is -2.70. The molecule has 0 N–H and O–H groups in total. The van der Waals surface area contributed by atoms with Crippen LogP contribution >= 0.6 is 11.8 Å². The average molecular weight is 415 g/mol. The number of para-hydroxylation sites is 1. The highest BCUT2D eigenvalue weighted by Gasteiger charge is 2.33. The summed E-state index contributed by atoms with van der Waals surface area (Å²) in [5, 5.41) is 0. The zero-order valence-corrected chi connectivity index (χ0v) is 16.7. The van der Waals surface area contributed by atoms with Crippen LogP contribution in [0.4, 0.5) is 24.5 Å². The standard InChI is InChI=1S/C23H20F3NOS/c1-28-18-11-8-16(9-12-18)5-4-14-27-19-6-2-3-7-21(19)29-22-13-10-17(15-20(22)27)23(24,25)26/h2-3,6-13,15H,4-5,14H2,1H3. The Kier molecular flexibility index (Phi) is 5.46. The van der Waals surface area contributed by atoms with Crippen molar-refractivity contribution >= 4 is 23.1 Å². The minimum absolute atomic E-state index is 0.614. The molecule has 0 radical (unpaired) electrons. The third-order valence-electron chi connectivity index (χ3n) is 4.96. The van der Waals surface area contributed by atoms with E-state index in [9.17, 15) is 13.2 Å². The highest BCUT2D eigenvalue weighted by atomic mass is 32.2. The molecule has 0 atom stereocenters. The van der Waals surface area contributed by atoms with Gasteiger partial charge in [0.2, 0.25) is 0 Å². The summed E-state index contributed by atoms with van der Waals surface area (Å²) in [5.41, 5.74) is 2.14. The second-order valence-corrected chi connectivity index (χ2v) is 7.94. The van der Waals surface area contributed by atoms with Crippen LogP contribution in [-0.4, -0.2) is 13.7 Å². The molecule has 1 heterocycles. The number of hydrogen-bond acceptors (Lipinski definition) is 3. The second-order valence-electron chi connectivity index (χ2n) is 6.85. The van der Waals surface area contributed by atoms with E-state index in [-0.39, 0.29) is 0 Å². The Balaban J connectivity index is 1.59. The van der Waals surface area contributed by atoms with Crippen LogP contribution < -0.4 is 9.64 Å². The number of methoxy groups -OCH3 is 1. The van der Waals surface area contributed by atoms with Crippen LogP contribution in [0.25, 0.3) is 0 Å². The first-order valence-corrected chi connectivity index (χ1v) is 10.2. The van der Waals surface area contributed by atoms with Crippen LogP contribution in [-0.2, 0) is 12.6 Å². The van der Waals surface area contributed by atoms with Crippen molar-refractivity contribution in [1.29, 1.82) is 0 Å². The minimum atomic E-state index is -4.36. The molecule has 0 unspecified atom stereocenters. The lowest BCUT2D eigenvalue weighted by Gasteiger charge is -2.33. The fraction of sp³-hybridized carbons (Fsp3) is 0.217. The van der Waals surface area contributed by atoms with Gasteiger partial charge in [-0.3, -0.25) is 0 Å². The Bertz CT molecular complexity index is 1000. The highest BCUT2D eigenvalue weighted by Crippen LogP contribution is 2.49. The van der Waals surface area contributed by atoms with E-state index in [0.717, 1.165) is 40.1 Å². The van der Waals surface area contributed by atoms with E-state index in [1.807, 2.05) is 53.4 Å². The van der Waals surface area contributed by atoms with Crippen LogP contribution in [0.1, 0.15) is 17.5 Å². The van der Waals surface area contributed by atoms with Gasteiger partial charge in [0.1, 0.15) is 5.75 Å². The predicted octanol–water partition coefficient (Wildman–Crippen LogP) is 6.95. The van der Waals surface area contributed by atoms with Crippen LogP contribution in [0.2, 0.25) is 0 Å². The summed E-state index contributed by atoms with van der Waals surface area (Å²) in [6, 6.07) is 19.8. The van der Waals surface area contributed by atoms with Crippen molar-refractivity contribution in [3.8, 4) is 5.75 Å². The number of benzene rings is 3. The lowest BCUT2D eigenvalue weighted by Crippen LogP contribution is -2.23. The van der Waals surface area contributed by atoms with Crippen LogP contribution in [0.5, 0.6) is 5.75 Å². The molecule has 6 heteroatoms. The molecule has 3 aromatic carbocycles. The number of rotatable bonds is 5. The molecule has 3 aromatic rings. The van der Waals surface area contributed by atoms with Crippen molar-refractivity contribution in [3.63, 3.8) is 0 Å². The lowest BCUT2D eigenvalue weighted by molar-refractivity contribution is -0.137. The summed E-state index contributed by atoms with van der Waals surface area (Å²) in [4.78, 5) is 3.92. The van der Waals surface area contributed by atoms with Crippen molar-refractivity contribution < 1.29 is 17.9 Å². The zero-order chi connectivity index (χ0) is 20.4. The van der Waals surface area contributed by atoms with Crippen molar-refractivity contribution in [2.75, 3.05) is 18.6 Å². The summed E-state index contributed by atoms with van der Waals surface area (Å²) >= 11 is 1.52. The molecule has 0 bridgehead atoms. The molecular formula is C23H20F3NOS. The first-order valence-electron chi connectivity index (χ1n) is 9.34. The Labute approximate surface area is 172 Å². The van der Waals surface area contributed by atoms with Gasteiger partial charge >= 0.3 is 6.18 Å². The zero-order valence-electron chi connectivity index (χ0n) is 15.9. The summed E-state index contributed by atoms with van der Waals surface area (Å²) < 4.78 is 45.0. The molecular weight excluding hydrogens is 395 g/mol. The maximum Gasteiger partial charge on any atom is 0.416 e. The van der Waals surface area contributed by atoms with E-state index in [4.69, 9.17) is 4.74 Å². The number of aryl methyl sites for hydroxylation is 1. The van der Waals surface area contributed by atoms with E-state index in [2.05, 4.69) is 0 Å².